The van der Waals surface area contributed by atoms with Crippen LogP contribution in [0.4, 0.5) is 4.79 Å². The standard InChI is InChI=1S/C15H21NO6S/c1-15(2,3)22-14(19)16-8-9-23(20,21)10-11-4-6-12(7-5-11)13(17)18/h4-7H,8-10H2,1-3H3,(H,16,19)(H,17,18). The van der Waals surface area contributed by atoms with Crippen molar-refractivity contribution in [3.8, 4) is 0 Å². The third kappa shape index (κ3) is 7.64. The van der Waals surface area contributed by atoms with Crippen LogP contribution in [0.5, 0.6) is 0 Å². The van der Waals surface area contributed by atoms with Gasteiger partial charge in [0.15, 0.2) is 9.84 Å². The molecule has 1 rings (SSSR count). The molecule has 0 aromatic heterocycles. The van der Waals surface area contributed by atoms with Gasteiger partial charge in [0.05, 0.1) is 17.1 Å². The van der Waals surface area contributed by atoms with Crippen molar-refractivity contribution in [3.63, 3.8) is 0 Å². The molecule has 8 heteroatoms. The maximum atomic E-state index is 12.0. The van der Waals surface area contributed by atoms with E-state index in [-0.39, 0.29) is 23.6 Å². The largest absolute Gasteiger partial charge is 0.478 e. The Kier molecular flexibility index (Phi) is 6.14. The zero-order valence-corrected chi connectivity index (χ0v) is 14.1. The number of hydrogen-bond acceptors (Lipinski definition) is 5. The van der Waals surface area contributed by atoms with Crippen molar-refractivity contribution in [2.45, 2.75) is 32.1 Å². The number of alkyl carbamates (subject to hydrolysis) is 1. The van der Waals surface area contributed by atoms with Crippen molar-refractivity contribution in [2.75, 3.05) is 12.3 Å². The highest BCUT2D eigenvalue weighted by molar-refractivity contribution is 7.90. The van der Waals surface area contributed by atoms with Gasteiger partial charge in [-0.3, -0.25) is 0 Å². The van der Waals surface area contributed by atoms with Crippen LogP contribution >= 0.6 is 0 Å². The second-order valence-electron chi connectivity index (χ2n) is 6.02. The molecule has 2 N–H and O–H groups in total. The number of hydrogen-bond donors (Lipinski definition) is 2. The summed E-state index contributed by atoms with van der Waals surface area (Å²) in [6.45, 7) is 5.09. The minimum absolute atomic E-state index is 0.0511. The molecule has 0 bridgehead atoms. The predicted molar refractivity (Wildman–Crippen MR) is 85.1 cm³/mol. The first-order chi connectivity index (χ1) is 10.5. The molecule has 0 radical (unpaired) electrons. The first-order valence-electron chi connectivity index (χ1n) is 6.98. The Labute approximate surface area is 135 Å². The van der Waals surface area contributed by atoms with Crippen LogP contribution in [-0.2, 0) is 20.3 Å². The maximum absolute atomic E-state index is 12.0. The smallest absolute Gasteiger partial charge is 0.407 e. The Morgan fingerprint density at radius 3 is 2.22 bits per heavy atom. The van der Waals surface area contributed by atoms with Gasteiger partial charge in [-0.25, -0.2) is 18.0 Å². The van der Waals surface area contributed by atoms with E-state index < -0.39 is 27.5 Å². The number of carboxylic acid groups (broad SMARTS) is 1. The highest BCUT2D eigenvalue weighted by Crippen LogP contribution is 2.09. The van der Waals surface area contributed by atoms with Crippen molar-refractivity contribution in [3.05, 3.63) is 35.4 Å². The minimum atomic E-state index is -3.42. The van der Waals surface area contributed by atoms with Crippen molar-refractivity contribution in [1.29, 1.82) is 0 Å². The molecular weight excluding hydrogens is 322 g/mol. The van der Waals surface area contributed by atoms with Gasteiger partial charge >= 0.3 is 12.1 Å². The van der Waals surface area contributed by atoms with E-state index in [2.05, 4.69) is 5.32 Å². The van der Waals surface area contributed by atoms with Crippen LogP contribution in [0.25, 0.3) is 0 Å². The molecule has 23 heavy (non-hydrogen) atoms. The molecule has 0 aliphatic carbocycles. The monoisotopic (exact) mass is 343 g/mol. The van der Waals surface area contributed by atoms with E-state index in [9.17, 15) is 18.0 Å². The minimum Gasteiger partial charge on any atom is -0.478 e. The van der Waals surface area contributed by atoms with E-state index in [1.165, 1.54) is 24.3 Å². The summed E-state index contributed by atoms with van der Waals surface area (Å²) in [7, 11) is -3.42. The lowest BCUT2D eigenvalue weighted by molar-refractivity contribution is 0.0530. The summed E-state index contributed by atoms with van der Waals surface area (Å²) in [6, 6.07) is 5.63. The van der Waals surface area contributed by atoms with Gasteiger partial charge < -0.3 is 15.2 Å². The first-order valence-corrected chi connectivity index (χ1v) is 8.80. The lowest BCUT2D eigenvalue weighted by atomic mass is 10.1. The number of sulfone groups is 1. The molecule has 0 saturated carbocycles. The van der Waals surface area contributed by atoms with Crippen molar-refractivity contribution >= 4 is 21.9 Å². The van der Waals surface area contributed by atoms with Crippen LogP contribution in [0.2, 0.25) is 0 Å². The SMILES string of the molecule is CC(C)(C)OC(=O)NCCS(=O)(=O)Cc1ccc(C(=O)O)cc1. The van der Waals surface area contributed by atoms with Crippen molar-refractivity contribution in [1.82, 2.24) is 5.32 Å². The van der Waals surface area contributed by atoms with E-state index in [1.807, 2.05) is 0 Å². The number of rotatable bonds is 6. The van der Waals surface area contributed by atoms with E-state index in [1.54, 1.807) is 20.8 Å². The molecule has 0 aliphatic rings. The van der Waals surface area contributed by atoms with Crippen LogP contribution in [0, 0.1) is 0 Å². The number of aromatic carboxylic acids is 1. The molecule has 1 aromatic rings. The van der Waals surface area contributed by atoms with E-state index in [4.69, 9.17) is 9.84 Å². The number of amides is 1. The lowest BCUT2D eigenvalue weighted by Crippen LogP contribution is -2.35. The Bertz CT molecular complexity index is 658. The number of carbonyl (C=O) groups is 2. The molecule has 1 aromatic carbocycles. The second kappa shape index (κ2) is 7.45. The summed E-state index contributed by atoms with van der Waals surface area (Å²) in [5.74, 6) is -1.52. The Balaban J connectivity index is 2.50. The summed E-state index contributed by atoms with van der Waals surface area (Å²) in [4.78, 5) is 22.2. The molecule has 0 saturated heterocycles. The summed E-state index contributed by atoms with van der Waals surface area (Å²) in [5.41, 5.74) is -0.0560. The molecular formula is C15H21NO6S. The maximum Gasteiger partial charge on any atom is 0.407 e. The van der Waals surface area contributed by atoms with Gasteiger partial charge in [0.2, 0.25) is 0 Å². The molecule has 0 heterocycles. The van der Waals surface area contributed by atoms with Crippen LogP contribution in [0.15, 0.2) is 24.3 Å². The van der Waals surface area contributed by atoms with Gasteiger partial charge in [-0.2, -0.15) is 0 Å². The number of benzene rings is 1. The van der Waals surface area contributed by atoms with Gasteiger partial charge in [-0.05, 0) is 38.5 Å². The molecule has 128 valence electrons. The summed E-state index contributed by atoms with van der Waals surface area (Å²) in [6.07, 6.45) is -0.668. The normalized spacial score (nSPS) is 11.8. The molecule has 0 fully saturated rings. The third-order valence-electron chi connectivity index (χ3n) is 2.67. The van der Waals surface area contributed by atoms with Crippen LogP contribution in [0.1, 0.15) is 36.7 Å². The number of carboxylic acids is 1. The second-order valence-corrected chi connectivity index (χ2v) is 8.21. The zero-order valence-electron chi connectivity index (χ0n) is 13.3. The number of nitrogens with one attached hydrogen (secondary N) is 1. The Morgan fingerprint density at radius 2 is 1.74 bits per heavy atom. The predicted octanol–water partition coefficient (Wildman–Crippen LogP) is 1.82. The highest BCUT2D eigenvalue weighted by Gasteiger charge is 2.17. The van der Waals surface area contributed by atoms with Gasteiger partial charge in [-0.15, -0.1) is 0 Å². The molecule has 7 nitrogen and oxygen atoms in total. The number of carbonyl (C=O) groups excluding carboxylic acids is 1. The lowest BCUT2D eigenvalue weighted by Gasteiger charge is -2.19. The molecule has 0 atom stereocenters. The molecule has 0 aliphatic heterocycles. The van der Waals surface area contributed by atoms with Gasteiger partial charge in [-0.1, -0.05) is 12.1 Å². The van der Waals surface area contributed by atoms with Gasteiger partial charge in [0.1, 0.15) is 5.60 Å². The average Bonchev–Trinajstić information content (AvgIpc) is 2.36. The summed E-state index contributed by atoms with van der Waals surface area (Å²) in [5, 5.41) is 11.2. The quantitative estimate of drug-likeness (QED) is 0.815. The third-order valence-corrected chi connectivity index (χ3v) is 4.27. The highest BCUT2D eigenvalue weighted by atomic mass is 32.2. The van der Waals surface area contributed by atoms with Crippen molar-refractivity contribution < 1.29 is 27.9 Å². The Morgan fingerprint density at radius 1 is 1.17 bits per heavy atom. The number of ether oxygens (including phenoxy) is 1. The van der Waals surface area contributed by atoms with Crippen LogP contribution < -0.4 is 5.32 Å². The fraction of sp³-hybridized carbons (Fsp3) is 0.467. The summed E-state index contributed by atoms with van der Waals surface area (Å²) >= 11 is 0. The van der Waals surface area contributed by atoms with Crippen LogP contribution in [-0.4, -0.2) is 43.5 Å². The molecule has 0 spiro atoms. The van der Waals surface area contributed by atoms with Gasteiger partial charge in [0, 0.05) is 6.54 Å². The fourth-order valence-corrected chi connectivity index (χ4v) is 2.95. The van der Waals surface area contributed by atoms with E-state index in [0.29, 0.717) is 5.56 Å². The molecule has 0 unspecified atom stereocenters. The fourth-order valence-electron chi connectivity index (χ4n) is 1.69. The van der Waals surface area contributed by atoms with E-state index >= 15 is 0 Å². The van der Waals surface area contributed by atoms with Gasteiger partial charge in [0.25, 0.3) is 0 Å². The molecule has 1 amide bonds. The topological polar surface area (TPSA) is 110 Å². The van der Waals surface area contributed by atoms with Crippen LogP contribution in [0.3, 0.4) is 0 Å². The zero-order chi connectivity index (χ0) is 17.7. The Hall–Kier alpha value is -2.09. The van der Waals surface area contributed by atoms with Crippen molar-refractivity contribution in [2.24, 2.45) is 0 Å². The first kappa shape index (κ1) is 19.0. The average molecular weight is 343 g/mol. The summed E-state index contributed by atoms with van der Waals surface area (Å²) < 4.78 is 29.0. The van der Waals surface area contributed by atoms with E-state index in [0.717, 1.165) is 0 Å².